The SMILES string of the molecule is CCn1c(S[C@H](C)C(=O)c2ccc(C)cc2)nnc1-c1ccc(Cl)cc1. The molecule has 134 valence electrons. The Morgan fingerprint density at radius 1 is 1.12 bits per heavy atom. The second-order valence-corrected chi connectivity index (χ2v) is 7.79. The fourth-order valence-corrected chi connectivity index (χ4v) is 3.75. The monoisotopic (exact) mass is 385 g/mol. The number of aromatic nitrogens is 3. The molecule has 0 aliphatic carbocycles. The van der Waals surface area contributed by atoms with E-state index in [2.05, 4.69) is 10.2 Å². The van der Waals surface area contributed by atoms with Gasteiger partial charge in [-0.15, -0.1) is 10.2 Å². The summed E-state index contributed by atoms with van der Waals surface area (Å²) in [6, 6.07) is 15.2. The van der Waals surface area contributed by atoms with Gasteiger partial charge in [-0.2, -0.15) is 0 Å². The van der Waals surface area contributed by atoms with Gasteiger partial charge in [-0.25, -0.2) is 0 Å². The van der Waals surface area contributed by atoms with Gasteiger partial charge in [0, 0.05) is 22.7 Å². The van der Waals surface area contributed by atoms with Gasteiger partial charge in [0.25, 0.3) is 0 Å². The van der Waals surface area contributed by atoms with E-state index >= 15 is 0 Å². The van der Waals surface area contributed by atoms with Crippen LogP contribution in [0, 0.1) is 6.92 Å². The number of carbonyl (C=O) groups excluding carboxylic acids is 1. The van der Waals surface area contributed by atoms with Gasteiger partial charge in [0.05, 0.1) is 5.25 Å². The van der Waals surface area contributed by atoms with Gasteiger partial charge in [0.2, 0.25) is 0 Å². The number of halogens is 1. The molecule has 1 atom stereocenters. The zero-order chi connectivity index (χ0) is 18.7. The minimum atomic E-state index is -0.245. The highest BCUT2D eigenvalue weighted by molar-refractivity contribution is 8.00. The third-order valence-electron chi connectivity index (χ3n) is 4.12. The molecule has 0 saturated heterocycles. The molecule has 0 bridgehead atoms. The van der Waals surface area contributed by atoms with E-state index in [1.165, 1.54) is 11.8 Å². The molecule has 0 fully saturated rings. The molecule has 0 amide bonds. The summed E-state index contributed by atoms with van der Waals surface area (Å²) in [5.74, 6) is 0.871. The number of hydrogen-bond acceptors (Lipinski definition) is 4. The van der Waals surface area contributed by atoms with E-state index in [9.17, 15) is 4.79 Å². The van der Waals surface area contributed by atoms with E-state index in [1.807, 2.05) is 73.9 Å². The quantitative estimate of drug-likeness (QED) is 0.427. The van der Waals surface area contributed by atoms with Gasteiger partial charge in [-0.3, -0.25) is 4.79 Å². The molecule has 0 aliphatic heterocycles. The predicted octanol–water partition coefficient (Wildman–Crippen LogP) is 5.29. The number of nitrogens with zero attached hydrogens (tertiary/aromatic N) is 3. The zero-order valence-corrected chi connectivity index (χ0v) is 16.5. The van der Waals surface area contributed by atoms with Gasteiger partial charge in [0.1, 0.15) is 0 Å². The van der Waals surface area contributed by atoms with Crippen molar-refractivity contribution in [1.29, 1.82) is 0 Å². The molecule has 3 rings (SSSR count). The van der Waals surface area contributed by atoms with Crippen LogP contribution in [0.1, 0.15) is 29.8 Å². The molecule has 1 aromatic heterocycles. The Morgan fingerprint density at radius 3 is 2.38 bits per heavy atom. The summed E-state index contributed by atoms with van der Waals surface area (Å²) >= 11 is 7.40. The van der Waals surface area contributed by atoms with Gasteiger partial charge in [0.15, 0.2) is 16.8 Å². The second kappa shape index (κ2) is 8.06. The standard InChI is InChI=1S/C20H20ClN3OS/c1-4-24-19(16-9-11-17(21)12-10-16)22-23-20(24)26-14(3)18(25)15-7-5-13(2)6-8-15/h5-12,14H,4H2,1-3H3/t14-/m1/s1. The highest BCUT2D eigenvalue weighted by Gasteiger charge is 2.21. The molecule has 3 aromatic rings. The van der Waals surface area contributed by atoms with Crippen molar-refractivity contribution < 1.29 is 4.79 Å². The normalized spacial score (nSPS) is 12.2. The Hall–Kier alpha value is -2.11. The molecule has 0 saturated carbocycles. The van der Waals surface area contributed by atoms with Crippen molar-refractivity contribution in [3.63, 3.8) is 0 Å². The highest BCUT2D eigenvalue weighted by Crippen LogP contribution is 2.28. The number of Topliss-reactive ketones (excluding diaryl/α,β-unsaturated/α-hetero) is 1. The number of rotatable bonds is 6. The minimum absolute atomic E-state index is 0.0914. The average molecular weight is 386 g/mol. The molecular weight excluding hydrogens is 366 g/mol. The van der Waals surface area contributed by atoms with Crippen LogP contribution in [0.4, 0.5) is 0 Å². The smallest absolute Gasteiger partial charge is 0.192 e. The van der Waals surface area contributed by atoms with E-state index in [4.69, 9.17) is 11.6 Å². The molecule has 0 N–H and O–H groups in total. The predicted molar refractivity (Wildman–Crippen MR) is 107 cm³/mol. The summed E-state index contributed by atoms with van der Waals surface area (Å²) in [6.45, 7) is 6.68. The first kappa shape index (κ1) is 18.7. The van der Waals surface area contributed by atoms with Crippen LogP contribution >= 0.6 is 23.4 Å². The molecule has 0 spiro atoms. The van der Waals surface area contributed by atoms with Crippen molar-refractivity contribution in [2.75, 3.05) is 0 Å². The van der Waals surface area contributed by atoms with Crippen LogP contribution in [-0.2, 0) is 6.54 Å². The number of benzene rings is 2. The lowest BCUT2D eigenvalue weighted by Gasteiger charge is -2.12. The molecule has 1 heterocycles. The second-order valence-electron chi connectivity index (χ2n) is 6.05. The Bertz CT molecular complexity index is 904. The lowest BCUT2D eigenvalue weighted by atomic mass is 10.1. The van der Waals surface area contributed by atoms with Crippen LogP contribution in [0.15, 0.2) is 53.7 Å². The number of ketones is 1. The average Bonchev–Trinajstić information content (AvgIpc) is 3.04. The van der Waals surface area contributed by atoms with Gasteiger partial charge in [-0.1, -0.05) is 53.2 Å². The first-order valence-electron chi connectivity index (χ1n) is 8.46. The number of aryl methyl sites for hydroxylation is 1. The molecule has 0 aliphatic rings. The molecular formula is C20H20ClN3OS. The maximum Gasteiger partial charge on any atom is 0.192 e. The van der Waals surface area contributed by atoms with Crippen LogP contribution < -0.4 is 0 Å². The molecule has 26 heavy (non-hydrogen) atoms. The van der Waals surface area contributed by atoms with Crippen LogP contribution in [0.3, 0.4) is 0 Å². The summed E-state index contributed by atoms with van der Waals surface area (Å²) in [7, 11) is 0. The maximum absolute atomic E-state index is 12.7. The molecule has 6 heteroatoms. The van der Waals surface area contributed by atoms with Crippen LogP contribution in [-0.4, -0.2) is 25.8 Å². The van der Waals surface area contributed by atoms with Crippen LogP contribution in [0.25, 0.3) is 11.4 Å². The van der Waals surface area contributed by atoms with Gasteiger partial charge >= 0.3 is 0 Å². The number of carbonyl (C=O) groups is 1. The summed E-state index contributed by atoms with van der Waals surface area (Å²) < 4.78 is 2.02. The number of thioether (sulfide) groups is 1. The summed E-state index contributed by atoms with van der Waals surface area (Å²) in [4.78, 5) is 12.7. The van der Waals surface area contributed by atoms with E-state index in [0.29, 0.717) is 5.02 Å². The third-order valence-corrected chi connectivity index (χ3v) is 5.46. The van der Waals surface area contributed by atoms with Crippen molar-refractivity contribution in [1.82, 2.24) is 14.8 Å². The zero-order valence-electron chi connectivity index (χ0n) is 14.9. The van der Waals surface area contributed by atoms with E-state index in [0.717, 1.165) is 34.2 Å². The van der Waals surface area contributed by atoms with Gasteiger partial charge in [-0.05, 0) is 45.0 Å². The van der Waals surface area contributed by atoms with Crippen molar-refractivity contribution >= 4 is 29.1 Å². The van der Waals surface area contributed by atoms with Crippen LogP contribution in [0.5, 0.6) is 0 Å². The Balaban J connectivity index is 1.82. The summed E-state index contributed by atoms with van der Waals surface area (Å²) in [5, 5.41) is 9.81. The highest BCUT2D eigenvalue weighted by atomic mass is 35.5. The van der Waals surface area contributed by atoms with Crippen molar-refractivity contribution in [3.05, 3.63) is 64.7 Å². The topological polar surface area (TPSA) is 47.8 Å². The Kier molecular flexibility index (Phi) is 5.79. The van der Waals surface area contributed by atoms with Crippen molar-refractivity contribution in [3.8, 4) is 11.4 Å². The maximum atomic E-state index is 12.7. The molecule has 0 unspecified atom stereocenters. The molecule has 2 aromatic carbocycles. The Labute approximate surface area is 162 Å². The largest absolute Gasteiger partial charge is 0.302 e. The van der Waals surface area contributed by atoms with E-state index < -0.39 is 0 Å². The fourth-order valence-electron chi connectivity index (χ4n) is 2.64. The summed E-state index contributed by atoms with van der Waals surface area (Å²) in [5.41, 5.74) is 2.81. The summed E-state index contributed by atoms with van der Waals surface area (Å²) in [6.07, 6.45) is 0. The van der Waals surface area contributed by atoms with Crippen molar-refractivity contribution in [2.24, 2.45) is 0 Å². The minimum Gasteiger partial charge on any atom is -0.302 e. The Morgan fingerprint density at radius 2 is 1.77 bits per heavy atom. The van der Waals surface area contributed by atoms with Crippen LogP contribution in [0.2, 0.25) is 5.02 Å². The first-order valence-corrected chi connectivity index (χ1v) is 9.72. The number of hydrogen-bond donors (Lipinski definition) is 0. The lowest BCUT2D eigenvalue weighted by molar-refractivity contribution is 0.0994. The fraction of sp³-hybridized carbons (Fsp3) is 0.250. The van der Waals surface area contributed by atoms with Crippen molar-refractivity contribution in [2.45, 2.75) is 37.7 Å². The third kappa shape index (κ3) is 4.00. The first-order chi connectivity index (χ1) is 12.5. The van der Waals surface area contributed by atoms with Gasteiger partial charge < -0.3 is 4.57 Å². The van der Waals surface area contributed by atoms with E-state index in [-0.39, 0.29) is 11.0 Å². The molecule has 4 nitrogen and oxygen atoms in total. The van der Waals surface area contributed by atoms with E-state index in [1.54, 1.807) is 0 Å². The molecule has 0 radical (unpaired) electrons. The lowest BCUT2D eigenvalue weighted by Crippen LogP contribution is -2.14.